The number of anilines is 4. The fourth-order valence-corrected chi connectivity index (χ4v) is 6.53. The maximum atomic E-state index is 13.1. The molecule has 0 atom stereocenters. The first-order chi connectivity index (χ1) is 32.9. The summed E-state index contributed by atoms with van der Waals surface area (Å²) in [6, 6.07) is 0. The van der Waals surface area contributed by atoms with Crippen LogP contribution in [0.5, 0.6) is 0 Å². The highest BCUT2D eigenvalue weighted by atomic mass is 16.2. The molecule has 0 saturated heterocycles. The van der Waals surface area contributed by atoms with Gasteiger partial charge >= 0.3 is 0 Å². The summed E-state index contributed by atoms with van der Waals surface area (Å²) in [5.41, 5.74) is 5.53. The second kappa shape index (κ2) is 24.5. The Kier molecular flexibility index (Phi) is 18.3. The second-order valence-corrected chi connectivity index (χ2v) is 15.8. The van der Waals surface area contributed by atoms with E-state index in [1.54, 1.807) is 27.3 Å². The van der Waals surface area contributed by atoms with Gasteiger partial charge in [0.1, 0.15) is 0 Å². The number of carbonyl (C=O) groups is 8. The van der Waals surface area contributed by atoms with E-state index in [2.05, 4.69) is 72.4 Å². The van der Waals surface area contributed by atoms with Crippen LogP contribution >= 0.6 is 0 Å². The Morgan fingerprint density at radius 2 is 0.855 bits per heavy atom. The topological polar surface area (TPSA) is 351 Å². The smallest absolute Gasteiger partial charge is 0.292 e. The lowest BCUT2D eigenvalue weighted by Crippen LogP contribution is -2.33. The number of hydrogen-bond acceptors (Lipinski definition) is 15. The first-order valence-electron chi connectivity index (χ1n) is 21.7. The molecule has 0 aliphatic carbocycles. The Morgan fingerprint density at radius 3 is 1.26 bits per heavy atom. The lowest BCUT2D eigenvalue weighted by Gasteiger charge is -2.15. The molecule has 0 fully saturated rings. The van der Waals surface area contributed by atoms with Gasteiger partial charge < -0.3 is 76.0 Å². The maximum Gasteiger partial charge on any atom is 0.292 e. The zero-order chi connectivity index (χ0) is 50.2. The third-order valence-corrected chi connectivity index (χ3v) is 10.1. The van der Waals surface area contributed by atoms with Crippen molar-refractivity contribution in [1.29, 1.82) is 0 Å². The van der Waals surface area contributed by atoms with Gasteiger partial charge in [0.25, 0.3) is 29.5 Å². The van der Waals surface area contributed by atoms with Crippen LogP contribution in [-0.2, 0) is 49.6 Å². The van der Waals surface area contributed by atoms with Gasteiger partial charge in [0.15, 0.2) is 29.1 Å². The van der Waals surface area contributed by atoms with E-state index in [1.807, 2.05) is 7.05 Å². The molecule has 0 aliphatic rings. The van der Waals surface area contributed by atoms with E-state index < -0.39 is 41.4 Å². The molecule has 28 heteroatoms. The Labute approximate surface area is 395 Å². The Hall–Kier alpha value is -8.27. The molecular weight excluding hydrogens is 901 g/mol. The summed E-state index contributed by atoms with van der Waals surface area (Å²) < 4.78 is 7.13. The predicted molar refractivity (Wildman–Crippen MR) is 249 cm³/mol. The summed E-state index contributed by atoms with van der Waals surface area (Å²) in [6.45, 7) is 2.82. The average molecular weight is 959 g/mol. The number of nitrogens with one attached hydrogen (secondary N) is 8. The standard InChI is InChI=1S/C41H58N20O8/c1-56(18-7-12-42)19-8-13-43-29(62)9-14-45-37(65)33-50-25(21-58(33)3)48-30(63)10-15-47-39(67)35-53-28(24-60(35)5)55-41(69)36-51-26(22-61(36)6)49-31(64)11-16-46-38(66)34-52-27(23-59(34)4)54-40(68)32-44-17-20-57(32)2/h17,20-24H,7-16,18-19,42H2,1-6H3,(H,43,62)(H,45,65)(H,46,66)(H,47,67)(H,48,63)(H,49,64)(H,54,68)(H,55,69). The van der Waals surface area contributed by atoms with Crippen molar-refractivity contribution >= 4 is 70.5 Å². The monoisotopic (exact) mass is 958 g/mol. The number of carbonyl (C=O) groups excluding carboxylic acids is 8. The summed E-state index contributed by atoms with van der Waals surface area (Å²) in [4.78, 5) is 124. The van der Waals surface area contributed by atoms with E-state index >= 15 is 0 Å². The van der Waals surface area contributed by atoms with E-state index in [0.717, 1.165) is 25.9 Å². The molecule has 0 aliphatic heterocycles. The van der Waals surface area contributed by atoms with Crippen LogP contribution in [0.2, 0.25) is 0 Å². The van der Waals surface area contributed by atoms with Crippen molar-refractivity contribution in [2.75, 3.05) is 74.1 Å². The van der Waals surface area contributed by atoms with Gasteiger partial charge in [-0.25, -0.2) is 24.9 Å². The van der Waals surface area contributed by atoms with Crippen molar-refractivity contribution in [2.45, 2.75) is 32.1 Å². The molecule has 28 nitrogen and oxygen atoms in total. The summed E-state index contributed by atoms with van der Waals surface area (Å²) in [5, 5.41) is 21.0. The van der Waals surface area contributed by atoms with Gasteiger partial charge in [-0.2, -0.15) is 0 Å². The Bertz CT molecular complexity index is 2650. The van der Waals surface area contributed by atoms with E-state index in [-0.39, 0.29) is 97.2 Å². The van der Waals surface area contributed by atoms with Crippen LogP contribution in [0.4, 0.5) is 23.3 Å². The number of nitrogens with two attached hydrogens (primary N) is 1. The maximum absolute atomic E-state index is 13.1. The van der Waals surface area contributed by atoms with Crippen molar-refractivity contribution < 1.29 is 38.4 Å². The number of aryl methyl sites for hydroxylation is 5. The van der Waals surface area contributed by atoms with Crippen molar-refractivity contribution in [2.24, 2.45) is 41.0 Å². The minimum Gasteiger partial charge on any atom is -0.356 e. The number of hydrogen-bond donors (Lipinski definition) is 9. The molecule has 370 valence electrons. The normalized spacial score (nSPS) is 11.0. The lowest BCUT2D eigenvalue weighted by molar-refractivity contribution is -0.121. The predicted octanol–water partition coefficient (Wildman–Crippen LogP) is -1.72. The van der Waals surface area contributed by atoms with Gasteiger partial charge in [-0.3, -0.25) is 38.4 Å². The van der Waals surface area contributed by atoms with Gasteiger partial charge in [-0.1, -0.05) is 0 Å². The van der Waals surface area contributed by atoms with E-state index in [0.29, 0.717) is 13.1 Å². The number of rotatable bonds is 25. The zero-order valence-corrected chi connectivity index (χ0v) is 39.2. The highest BCUT2D eigenvalue weighted by Gasteiger charge is 2.22. The van der Waals surface area contributed by atoms with Crippen LogP contribution in [0.3, 0.4) is 0 Å². The van der Waals surface area contributed by atoms with Gasteiger partial charge in [0.05, 0.1) is 0 Å². The molecule has 8 amide bonds. The molecule has 5 rings (SSSR count). The molecule has 69 heavy (non-hydrogen) atoms. The summed E-state index contributed by atoms with van der Waals surface area (Å²) >= 11 is 0. The van der Waals surface area contributed by atoms with Crippen molar-refractivity contribution in [1.82, 2.24) is 73.9 Å². The number of aromatic nitrogens is 10. The molecule has 5 aromatic heterocycles. The molecule has 0 radical (unpaired) electrons. The van der Waals surface area contributed by atoms with E-state index in [9.17, 15) is 38.4 Å². The molecule has 0 saturated carbocycles. The minimum absolute atomic E-state index is 0.00411. The minimum atomic E-state index is -0.695. The third-order valence-electron chi connectivity index (χ3n) is 10.1. The van der Waals surface area contributed by atoms with Crippen LogP contribution < -0.4 is 48.3 Å². The number of amides is 8. The molecule has 0 bridgehead atoms. The van der Waals surface area contributed by atoms with Crippen LogP contribution in [0, 0.1) is 0 Å². The SMILES string of the molecule is CN(CCCN)CCCNC(=O)CCNC(=O)c1nc(NC(=O)CCNC(=O)c2nc(NC(=O)c3nc(NC(=O)CCNC(=O)c4nc(NC(=O)c5nccn5C)cn4C)cn3C)cn2C)cn1C. The lowest BCUT2D eigenvalue weighted by atomic mass is 10.3. The zero-order valence-electron chi connectivity index (χ0n) is 39.2. The van der Waals surface area contributed by atoms with Crippen LogP contribution in [0.15, 0.2) is 37.2 Å². The van der Waals surface area contributed by atoms with Crippen molar-refractivity contribution in [3.8, 4) is 0 Å². The second-order valence-electron chi connectivity index (χ2n) is 15.8. The molecule has 0 aromatic carbocycles. The van der Waals surface area contributed by atoms with Crippen LogP contribution in [-0.4, -0.2) is 153 Å². The number of imidazole rings is 5. The Morgan fingerprint density at radius 1 is 0.478 bits per heavy atom. The van der Waals surface area contributed by atoms with E-state index in [4.69, 9.17) is 5.73 Å². The van der Waals surface area contributed by atoms with Crippen molar-refractivity contribution in [3.05, 3.63) is 66.3 Å². The molecule has 0 unspecified atom stereocenters. The van der Waals surface area contributed by atoms with Crippen LogP contribution in [0.1, 0.15) is 85.2 Å². The fraction of sp³-hybridized carbons (Fsp3) is 0.439. The Balaban J connectivity index is 0.992. The van der Waals surface area contributed by atoms with Gasteiger partial charge in [-0.05, 0) is 39.5 Å². The fourth-order valence-electron chi connectivity index (χ4n) is 6.53. The molecular formula is C41H58N20O8. The molecule has 0 spiro atoms. The molecule has 10 N–H and O–H groups in total. The molecule has 5 aromatic rings. The number of nitrogens with zero attached hydrogens (tertiary/aromatic N) is 11. The molecule has 5 heterocycles. The highest BCUT2D eigenvalue weighted by Crippen LogP contribution is 2.14. The quantitative estimate of drug-likeness (QED) is 0.0294. The van der Waals surface area contributed by atoms with E-state index in [1.165, 1.54) is 67.9 Å². The summed E-state index contributed by atoms with van der Waals surface area (Å²) in [7, 11) is 9.89. The average Bonchev–Trinajstić information content (AvgIpc) is 4.13. The van der Waals surface area contributed by atoms with Gasteiger partial charge in [-0.15, -0.1) is 0 Å². The van der Waals surface area contributed by atoms with Gasteiger partial charge in [0, 0.05) is 118 Å². The van der Waals surface area contributed by atoms with Crippen LogP contribution in [0.25, 0.3) is 0 Å². The van der Waals surface area contributed by atoms with Crippen molar-refractivity contribution in [3.63, 3.8) is 0 Å². The first kappa shape index (κ1) is 51.7. The largest absolute Gasteiger partial charge is 0.356 e. The summed E-state index contributed by atoms with van der Waals surface area (Å²) in [5.74, 6) is -3.77. The first-order valence-corrected chi connectivity index (χ1v) is 21.7. The third kappa shape index (κ3) is 15.1. The highest BCUT2D eigenvalue weighted by molar-refractivity contribution is 6.03. The van der Waals surface area contributed by atoms with Gasteiger partial charge in [0.2, 0.25) is 41.0 Å². The summed E-state index contributed by atoms with van der Waals surface area (Å²) in [6.07, 6.45) is 10.3.